The second kappa shape index (κ2) is 35.2. The Kier molecular flexibility index (Phi) is 26.8. The first kappa shape index (κ1) is 83.7. The molecule has 15 rings (SSSR count). The third-order valence-electron chi connectivity index (χ3n) is 32.9. The molecule has 0 aromatic heterocycles. The fraction of sp³-hybridized carbons (Fsp3) is 0.691. The van der Waals surface area contributed by atoms with E-state index in [1.165, 1.54) is 90.4 Å². The number of fused-ring (bicyclic) bond motifs is 15. The molecule has 12 aliphatic carbocycles. The van der Waals surface area contributed by atoms with Crippen LogP contribution in [0.3, 0.4) is 0 Å². The molecule has 0 spiro atoms. The van der Waals surface area contributed by atoms with Crippen molar-refractivity contribution in [2.24, 2.45) is 121 Å². The van der Waals surface area contributed by atoms with Gasteiger partial charge in [-0.05, 0) is 320 Å². The number of hydrogen-bond donors (Lipinski definition) is 1. The zero-order chi connectivity index (χ0) is 78.7. The van der Waals surface area contributed by atoms with Gasteiger partial charge in [-0.15, -0.1) is 8.58 Å². The summed E-state index contributed by atoms with van der Waals surface area (Å²) in [7, 11) is 4.01. The van der Waals surface area contributed by atoms with Gasteiger partial charge in [-0.2, -0.15) is 0 Å². The minimum absolute atomic E-state index is 0.00411. The summed E-state index contributed by atoms with van der Waals surface area (Å²) in [5, 5.41) is 11.6. The molecule has 0 amide bonds. The van der Waals surface area contributed by atoms with Crippen molar-refractivity contribution in [1.29, 1.82) is 0 Å². The van der Waals surface area contributed by atoms with Crippen LogP contribution in [-0.2, 0) is 38.1 Å². The van der Waals surface area contributed by atoms with E-state index < -0.39 is 0 Å². The lowest BCUT2D eigenvalue weighted by molar-refractivity contribution is -0.142. The summed E-state index contributed by atoms with van der Waals surface area (Å²) in [6.45, 7) is 28.1. The molecule has 0 heterocycles. The predicted octanol–water partition coefficient (Wildman–Crippen LogP) is 22.1. The molecule has 0 saturated heterocycles. The van der Waals surface area contributed by atoms with Gasteiger partial charge in [0.1, 0.15) is 18.3 Å². The highest BCUT2D eigenvalue weighted by atomic mass is 31.1. The largest absolute Gasteiger partial charge is 0.469 e. The maximum Gasteiger partial charge on any atom is 0.338 e. The first-order chi connectivity index (χ1) is 52.6. The third-order valence-corrected chi connectivity index (χ3v) is 32.9. The molecule has 13 heteroatoms. The number of hydrogen-bond acceptors (Lipinski definition) is 12. The van der Waals surface area contributed by atoms with Crippen LogP contribution in [0, 0.1) is 121 Å². The molecule has 0 aliphatic heterocycles. The molecular weight excluding hydrogens is 1390 g/mol. The molecule has 0 bridgehead atoms. The zero-order valence-corrected chi connectivity index (χ0v) is 70.6. The summed E-state index contributed by atoms with van der Waals surface area (Å²) in [5.41, 5.74) is 6.98. The molecule has 25 atom stereocenters. The van der Waals surface area contributed by atoms with Crippen molar-refractivity contribution in [2.75, 3.05) is 27.5 Å². The van der Waals surface area contributed by atoms with Crippen LogP contribution >= 0.6 is 8.58 Å². The molecule has 3 aromatic carbocycles. The van der Waals surface area contributed by atoms with Gasteiger partial charge in [0.05, 0.1) is 37.0 Å². The number of methoxy groups -OCH3 is 2. The van der Waals surface area contributed by atoms with E-state index in [-0.39, 0.29) is 81.3 Å². The number of benzene rings is 3. The van der Waals surface area contributed by atoms with Crippen LogP contribution in [0.1, 0.15) is 280 Å². The van der Waals surface area contributed by atoms with Gasteiger partial charge < -0.3 is 28.8 Å². The number of aliphatic hydroxyl groups excluding tert-OH is 1. The van der Waals surface area contributed by atoms with Gasteiger partial charge in [0.25, 0.3) is 0 Å². The van der Waals surface area contributed by atoms with Gasteiger partial charge in [0.2, 0.25) is 0 Å². The highest BCUT2D eigenvalue weighted by Crippen LogP contribution is 2.70. The molecule has 1 N–H and O–H groups in total. The fourth-order valence-electron chi connectivity index (χ4n) is 26.8. The number of esters is 5. The Morgan fingerprint density at radius 3 is 1.31 bits per heavy atom. The van der Waals surface area contributed by atoms with Crippen LogP contribution in [0.4, 0.5) is 0 Å². The normalized spacial score (nSPS) is 38.2. The van der Waals surface area contributed by atoms with E-state index in [0.717, 1.165) is 111 Å². The van der Waals surface area contributed by atoms with Gasteiger partial charge in [0.15, 0.2) is 5.78 Å². The lowest BCUT2D eigenvalue weighted by Gasteiger charge is -2.58. The number of allylic oxidation sites excluding steroid dienone is 5. The summed E-state index contributed by atoms with van der Waals surface area (Å²) in [6, 6.07) is 28.0. The third kappa shape index (κ3) is 16.4. The first-order valence-electron chi connectivity index (χ1n) is 43.5. The maximum absolute atomic E-state index is 13.9. The van der Waals surface area contributed by atoms with E-state index in [9.17, 15) is 33.9 Å². The van der Waals surface area contributed by atoms with E-state index in [2.05, 4.69) is 101 Å². The van der Waals surface area contributed by atoms with E-state index in [4.69, 9.17) is 23.7 Å². The fourth-order valence-corrected chi connectivity index (χ4v) is 26.8. The Morgan fingerprint density at radius 2 is 0.855 bits per heavy atom. The number of carbonyl (C=O) groups is 6. The molecule has 110 heavy (non-hydrogen) atoms. The van der Waals surface area contributed by atoms with Gasteiger partial charge in [0, 0.05) is 23.7 Å². The summed E-state index contributed by atoms with van der Waals surface area (Å²) in [4.78, 5) is 75.4. The smallest absolute Gasteiger partial charge is 0.338 e. The molecule has 0 radical (unpaired) electrons. The summed E-state index contributed by atoms with van der Waals surface area (Å²) in [5.74, 6) is 7.74. The Morgan fingerprint density at radius 1 is 0.473 bits per heavy atom. The van der Waals surface area contributed by atoms with Crippen LogP contribution in [0.2, 0.25) is 0 Å². The lowest BCUT2D eigenvalue weighted by atomic mass is 9.47. The minimum atomic E-state index is -0.338. The molecule has 9 fully saturated rings. The van der Waals surface area contributed by atoms with Crippen LogP contribution in [-0.4, -0.2) is 92.7 Å². The Bertz CT molecular complexity index is 3790. The monoisotopic (exact) mass is 1520 g/mol. The molecule has 12 aliphatic rings. The second-order valence-electron chi connectivity index (χ2n) is 38.3. The topological polar surface area (TPSA) is 169 Å². The van der Waals surface area contributed by atoms with E-state index >= 15 is 0 Å². The zero-order valence-electron chi connectivity index (χ0n) is 69.6. The molecule has 12 nitrogen and oxygen atoms in total. The van der Waals surface area contributed by atoms with Crippen molar-refractivity contribution in [3.05, 3.63) is 143 Å². The molecule has 602 valence electrons. The van der Waals surface area contributed by atoms with E-state index in [1.54, 1.807) is 23.3 Å². The molecule has 9 saturated carbocycles. The SMILES string of the molecule is CCC[C@@H](C)C1CC[C@H]2[C@@H]3CC[C@@H]4C[C@H](OC(=O)c5ccccc5)CC[C@]4(C)C3=C[C@@H](O)[C@]12C.COC(=O)CC[C@@H](C)C1CC[C@H]2[C@@H]3CC[C@@H]4C[C@H](OC(=O)c5ccccc5)CC[C@]4(C)C3=CC(=O)[C@]12C.COC(=O)CC[C@@H](C)C1CC[C@H]2[C@@H]3CC[C@@H]4C[C@H](OC(=O)c5ccccc5)CC[C@]4(C)C3=CC[C@]12C.CPC. The van der Waals surface area contributed by atoms with E-state index in [0.29, 0.717) is 124 Å². The van der Waals surface area contributed by atoms with Crippen LogP contribution in [0.25, 0.3) is 0 Å². The van der Waals surface area contributed by atoms with Crippen LogP contribution in [0.15, 0.2) is 126 Å². The Balaban J connectivity index is 0.000000151. The van der Waals surface area contributed by atoms with Gasteiger partial charge in [-0.25, -0.2) is 14.4 Å². The van der Waals surface area contributed by atoms with Gasteiger partial charge >= 0.3 is 29.8 Å². The number of ether oxygens (including phenoxy) is 5. The Hall–Kier alpha value is -5.71. The van der Waals surface area contributed by atoms with Crippen molar-refractivity contribution in [2.45, 2.75) is 273 Å². The van der Waals surface area contributed by atoms with E-state index in [1.807, 2.05) is 78.9 Å². The quantitative estimate of drug-likeness (QED) is 0.0588. The van der Waals surface area contributed by atoms with Crippen molar-refractivity contribution in [3.63, 3.8) is 0 Å². The van der Waals surface area contributed by atoms with Crippen molar-refractivity contribution in [3.8, 4) is 0 Å². The molecule has 3 aromatic rings. The number of carbonyl (C=O) groups excluding carboxylic acids is 6. The predicted molar refractivity (Wildman–Crippen MR) is 439 cm³/mol. The van der Waals surface area contributed by atoms with Crippen molar-refractivity contribution in [1.82, 2.24) is 0 Å². The Labute approximate surface area is 663 Å². The standard InChI is InChI=1S/C32H42O5.C32H44O4.C31H44O3.C2H7P/c1-20(10-15-29(34)36-4)25-13-14-26-24-12-11-22-18-23(37-30(35)21-8-6-5-7-9-21)16-17-31(22,2)27(24)19-28(33)32(25,26)3;1-21(10-15-29(33)35-4)26-13-14-27-25-12-11-23-20-24(36-30(34)22-8-6-5-7-9-22)16-18-31(23,2)28(25)17-19-32(26,27)3;1-5-9-20(2)25-14-15-26-24-13-12-22-18-23(34-29(33)21-10-7-6-8-11-21)16-17-30(22,3)27(24)19-28(32)31(25,26)4;1-3-2/h5-9,19-20,22-26H,10-18H2,1-4H3;5-9,17,21,23-27H,10-16,18-20H2,1-4H3;6-8,10-11,19-20,22-26,28,32H,5,9,12-18H2,1-4H3;3H,1-2H3/t20-,22-,23-,24+,25?,26+,31+,32-;21-,23-,24-,25+,26?,27+,31+,32-;20-,22-,23-,24+,25?,26+,28-,30+,31-;/m111./s1. The minimum Gasteiger partial charge on any atom is -0.469 e. The number of rotatable bonds is 17. The second-order valence-corrected chi connectivity index (χ2v) is 39.3. The summed E-state index contributed by atoms with van der Waals surface area (Å²) >= 11 is 0. The van der Waals surface area contributed by atoms with Crippen molar-refractivity contribution < 1.29 is 57.6 Å². The average molecular weight is 1530 g/mol. The highest BCUT2D eigenvalue weighted by molar-refractivity contribution is 7.35. The molecule has 3 unspecified atom stereocenters. The highest BCUT2D eigenvalue weighted by Gasteiger charge is 2.64. The molecular formula is C97H137O12P. The average Bonchev–Trinajstić information content (AvgIpc) is 1.42. The maximum atomic E-state index is 13.9. The number of ketones is 1. The summed E-state index contributed by atoms with van der Waals surface area (Å²) < 4.78 is 27.7. The van der Waals surface area contributed by atoms with Gasteiger partial charge in [-0.1, -0.05) is 166 Å². The van der Waals surface area contributed by atoms with Gasteiger partial charge in [-0.3, -0.25) is 14.4 Å². The van der Waals surface area contributed by atoms with Crippen molar-refractivity contribution >= 4 is 44.2 Å². The van der Waals surface area contributed by atoms with Crippen LogP contribution in [0.5, 0.6) is 0 Å². The number of aliphatic hydroxyl groups is 1. The first-order valence-corrected chi connectivity index (χ1v) is 45.5. The lowest BCUT2D eigenvalue weighted by Crippen LogP contribution is -2.53. The summed E-state index contributed by atoms with van der Waals surface area (Å²) in [6.07, 6.45) is 36.2. The van der Waals surface area contributed by atoms with Crippen LogP contribution < -0.4 is 0 Å².